The predicted molar refractivity (Wildman–Crippen MR) is 123 cm³/mol. The van der Waals surface area contributed by atoms with Crippen LogP contribution in [0, 0.1) is 0 Å². The lowest BCUT2D eigenvalue weighted by atomic mass is 10.1. The summed E-state index contributed by atoms with van der Waals surface area (Å²) < 4.78 is 2.11. The van der Waals surface area contributed by atoms with E-state index in [4.69, 9.17) is 9.94 Å². The summed E-state index contributed by atoms with van der Waals surface area (Å²) in [7, 11) is 1.62. The fraction of sp³-hybridized carbons (Fsp3) is 0.400. The third-order valence-corrected chi connectivity index (χ3v) is 6.03. The number of benzene rings is 2. The van der Waals surface area contributed by atoms with E-state index in [2.05, 4.69) is 17.1 Å². The Bertz CT molecular complexity index is 1090. The number of amides is 2. The number of rotatable bonds is 8. The van der Waals surface area contributed by atoms with Gasteiger partial charge in [-0.15, -0.1) is 0 Å². The van der Waals surface area contributed by atoms with Gasteiger partial charge in [0, 0.05) is 18.0 Å². The number of likely N-dealkylation sites (N-methyl/N-ethyl adjacent to an activating group) is 1. The summed E-state index contributed by atoms with van der Waals surface area (Å²) in [4.78, 5) is 31.9. The molecule has 1 saturated carbocycles. The number of fused-ring (bicyclic) bond motifs is 1. The molecule has 3 aromatic rings. The second-order valence-corrected chi connectivity index (χ2v) is 8.38. The smallest absolute Gasteiger partial charge is 0.263 e. The van der Waals surface area contributed by atoms with Crippen molar-refractivity contribution in [2.24, 2.45) is 0 Å². The molecule has 4 rings (SSSR count). The van der Waals surface area contributed by atoms with Gasteiger partial charge in [0.25, 0.3) is 11.8 Å². The van der Waals surface area contributed by atoms with Gasteiger partial charge in [-0.25, -0.2) is 5.48 Å². The first-order chi connectivity index (χ1) is 15.6. The number of hydrogen-bond acceptors (Lipinski definition) is 4. The maximum atomic E-state index is 13.0. The van der Waals surface area contributed by atoms with Crippen molar-refractivity contribution in [2.45, 2.75) is 51.7 Å². The number of hydroxylamine groups is 1. The summed E-state index contributed by atoms with van der Waals surface area (Å²) in [5.74, 6) is -0.579. The monoisotopic (exact) mass is 434 g/mol. The van der Waals surface area contributed by atoms with Gasteiger partial charge < -0.3 is 4.90 Å². The molecule has 1 aliphatic carbocycles. The van der Waals surface area contributed by atoms with Gasteiger partial charge >= 0.3 is 0 Å². The lowest BCUT2D eigenvalue weighted by Gasteiger charge is -2.17. The Balaban J connectivity index is 1.42. The Kier molecular flexibility index (Phi) is 6.85. The summed E-state index contributed by atoms with van der Waals surface area (Å²) >= 11 is 0. The van der Waals surface area contributed by atoms with Crippen molar-refractivity contribution in [1.82, 2.24) is 20.2 Å². The van der Waals surface area contributed by atoms with E-state index in [1.54, 1.807) is 7.05 Å². The highest BCUT2D eigenvalue weighted by Gasteiger charge is 2.23. The second-order valence-electron chi connectivity index (χ2n) is 8.38. The van der Waals surface area contributed by atoms with Crippen molar-refractivity contribution in [3.05, 3.63) is 65.4 Å². The highest BCUT2D eigenvalue weighted by atomic mass is 16.6. The number of nitrogens with one attached hydrogen (secondary N) is 1. The van der Waals surface area contributed by atoms with E-state index in [0.29, 0.717) is 11.6 Å². The zero-order valence-electron chi connectivity index (χ0n) is 18.7. The highest BCUT2D eigenvalue weighted by molar-refractivity contribution is 5.99. The Morgan fingerprint density at radius 2 is 1.91 bits per heavy atom. The molecular formula is C25H30N4O3. The molecule has 168 valence electrons. The molecule has 2 aromatic carbocycles. The van der Waals surface area contributed by atoms with Gasteiger partial charge in [-0.3, -0.25) is 19.1 Å². The van der Waals surface area contributed by atoms with Crippen LogP contribution >= 0.6 is 0 Å². The average molecular weight is 435 g/mol. The van der Waals surface area contributed by atoms with Crippen molar-refractivity contribution < 1.29 is 14.4 Å². The molecule has 0 unspecified atom stereocenters. The first-order valence-electron chi connectivity index (χ1n) is 11.3. The number of hydrogen-bond donors (Lipinski definition) is 1. The Hall–Kier alpha value is -3.19. The Morgan fingerprint density at radius 3 is 2.62 bits per heavy atom. The lowest BCUT2D eigenvalue weighted by molar-refractivity contribution is -0.135. The van der Waals surface area contributed by atoms with Crippen LogP contribution in [0.2, 0.25) is 0 Å². The van der Waals surface area contributed by atoms with E-state index in [1.165, 1.54) is 17.7 Å². The minimum atomic E-state index is -0.373. The fourth-order valence-electron chi connectivity index (χ4n) is 4.34. The van der Waals surface area contributed by atoms with Crippen LogP contribution in [-0.2, 0) is 22.7 Å². The molecule has 1 aromatic heterocycles. The third kappa shape index (κ3) is 4.83. The quantitative estimate of drug-likeness (QED) is 0.543. The summed E-state index contributed by atoms with van der Waals surface area (Å²) in [6.07, 6.45) is 5.54. The number of aryl methyl sites for hydroxylation is 1. The van der Waals surface area contributed by atoms with Gasteiger partial charge in [-0.1, -0.05) is 56.2 Å². The molecule has 0 atom stereocenters. The van der Waals surface area contributed by atoms with Crippen molar-refractivity contribution in [3.8, 4) is 0 Å². The molecule has 7 heteroatoms. The zero-order valence-corrected chi connectivity index (χ0v) is 18.7. The number of aromatic nitrogens is 2. The van der Waals surface area contributed by atoms with Crippen LogP contribution in [0.5, 0.6) is 0 Å². The fourth-order valence-corrected chi connectivity index (χ4v) is 4.34. The summed E-state index contributed by atoms with van der Waals surface area (Å²) in [5.41, 5.74) is 5.99. The van der Waals surface area contributed by atoms with E-state index < -0.39 is 0 Å². The van der Waals surface area contributed by atoms with Gasteiger partial charge in [-0.2, -0.15) is 5.10 Å². The topological polar surface area (TPSA) is 76.5 Å². The average Bonchev–Trinajstić information content (AvgIpc) is 3.46. The van der Waals surface area contributed by atoms with Crippen LogP contribution in [0.4, 0.5) is 0 Å². The minimum absolute atomic E-state index is 0.0895. The standard InChI is InChI=1S/C25H30N4O3/c1-3-22-21-14-13-19(15-23(21)29(26-22)20-11-7-8-12-20)25(31)28(2)16-24(30)27-32-17-18-9-5-4-6-10-18/h4-6,9-10,13-15,20H,3,7-8,11-12,16-17H2,1-2H3,(H,27,30). The molecular weight excluding hydrogens is 404 g/mol. The molecule has 7 nitrogen and oxygen atoms in total. The number of carbonyl (C=O) groups is 2. The van der Waals surface area contributed by atoms with Crippen LogP contribution in [0.25, 0.3) is 10.9 Å². The first-order valence-corrected chi connectivity index (χ1v) is 11.3. The molecule has 32 heavy (non-hydrogen) atoms. The SMILES string of the molecule is CCc1nn(C2CCCC2)c2cc(C(=O)N(C)CC(=O)NOCc3ccccc3)ccc12. The highest BCUT2D eigenvalue weighted by Crippen LogP contribution is 2.33. The Labute approximate surface area is 188 Å². The van der Waals surface area contributed by atoms with Gasteiger partial charge in [0.05, 0.1) is 23.9 Å². The van der Waals surface area contributed by atoms with Crippen LogP contribution in [0.1, 0.15) is 60.3 Å². The molecule has 0 aliphatic heterocycles. The molecule has 0 saturated heterocycles. The molecule has 0 bridgehead atoms. The maximum absolute atomic E-state index is 13.0. The first kappa shape index (κ1) is 22.0. The van der Waals surface area contributed by atoms with Gasteiger partial charge in [-0.05, 0) is 37.0 Å². The van der Waals surface area contributed by atoms with E-state index in [-0.39, 0.29) is 25.0 Å². The number of carbonyl (C=O) groups excluding carboxylic acids is 2. The van der Waals surface area contributed by atoms with Gasteiger partial charge in [0.2, 0.25) is 0 Å². The maximum Gasteiger partial charge on any atom is 0.263 e. The van der Waals surface area contributed by atoms with Gasteiger partial charge in [0.15, 0.2) is 0 Å². The molecule has 1 heterocycles. The number of nitrogens with zero attached hydrogens (tertiary/aromatic N) is 3. The zero-order chi connectivity index (χ0) is 22.5. The van der Waals surface area contributed by atoms with E-state index in [0.717, 1.165) is 41.4 Å². The molecule has 0 radical (unpaired) electrons. The molecule has 1 aliphatic rings. The largest absolute Gasteiger partial charge is 0.332 e. The van der Waals surface area contributed by atoms with Crippen LogP contribution in [0.15, 0.2) is 48.5 Å². The van der Waals surface area contributed by atoms with Crippen molar-refractivity contribution in [1.29, 1.82) is 0 Å². The van der Waals surface area contributed by atoms with Crippen molar-refractivity contribution in [3.63, 3.8) is 0 Å². The third-order valence-electron chi connectivity index (χ3n) is 6.03. The van der Waals surface area contributed by atoms with Crippen LogP contribution < -0.4 is 5.48 Å². The Morgan fingerprint density at radius 1 is 1.16 bits per heavy atom. The van der Waals surface area contributed by atoms with E-state index in [9.17, 15) is 9.59 Å². The van der Waals surface area contributed by atoms with E-state index in [1.807, 2.05) is 48.5 Å². The predicted octanol–water partition coefficient (Wildman–Crippen LogP) is 4.03. The normalized spacial score (nSPS) is 14.1. The summed E-state index contributed by atoms with van der Waals surface area (Å²) in [6, 6.07) is 15.7. The molecule has 1 N–H and O–H groups in total. The molecule has 0 spiro atoms. The van der Waals surface area contributed by atoms with Crippen molar-refractivity contribution >= 4 is 22.7 Å². The van der Waals surface area contributed by atoms with Crippen LogP contribution in [0.3, 0.4) is 0 Å². The lowest BCUT2D eigenvalue weighted by Crippen LogP contribution is -2.38. The second kappa shape index (κ2) is 9.96. The minimum Gasteiger partial charge on any atom is -0.332 e. The van der Waals surface area contributed by atoms with Gasteiger partial charge in [0.1, 0.15) is 6.54 Å². The molecule has 2 amide bonds. The van der Waals surface area contributed by atoms with Crippen molar-refractivity contribution in [2.75, 3.05) is 13.6 Å². The summed E-state index contributed by atoms with van der Waals surface area (Å²) in [5, 5.41) is 5.96. The van der Waals surface area contributed by atoms with E-state index >= 15 is 0 Å². The summed E-state index contributed by atoms with van der Waals surface area (Å²) in [6.45, 7) is 2.28. The van der Waals surface area contributed by atoms with Crippen LogP contribution in [-0.4, -0.2) is 40.1 Å². The molecule has 1 fully saturated rings.